The highest BCUT2D eigenvalue weighted by Crippen LogP contribution is 2.55. The number of nitriles is 1. The van der Waals surface area contributed by atoms with Gasteiger partial charge in [-0.3, -0.25) is 0 Å². The minimum Gasteiger partial charge on any atom is -0.431 e. The number of hydrogen-bond donors (Lipinski definition) is 0. The van der Waals surface area contributed by atoms with Gasteiger partial charge in [0.1, 0.15) is 5.30 Å². The van der Waals surface area contributed by atoms with Gasteiger partial charge < -0.3 is 4.52 Å². The van der Waals surface area contributed by atoms with Crippen LogP contribution in [-0.4, -0.2) is 33.4 Å². The van der Waals surface area contributed by atoms with Gasteiger partial charge in [-0.2, -0.15) is 15.4 Å². The van der Waals surface area contributed by atoms with Crippen LogP contribution < -0.4 is 5.30 Å². The Morgan fingerprint density at radius 3 is 2.48 bits per heavy atom. The Bertz CT molecular complexity index is 954. The molecule has 0 fully saturated rings. The van der Waals surface area contributed by atoms with Gasteiger partial charge in [-0.1, -0.05) is 31.5 Å². The molecule has 0 radical (unpaired) electrons. The molecule has 6 nitrogen and oxygen atoms in total. The van der Waals surface area contributed by atoms with Crippen LogP contribution in [0.3, 0.4) is 0 Å². The maximum absolute atomic E-state index is 8.99. The summed E-state index contributed by atoms with van der Waals surface area (Å²) in [6.07, 6.45) is -2.15. The Morgan fingerprint density at radius 2 is 1.89 bits per heavy atom. The standard InChI is InChI=1S/C19H24N5OPS/c1-5-23(6-2)26(27)17-15(4)22-24(13-7-12-20)18(17)21-19(25-26)16-10-8-14(3)9-11-16/h8-11H,5-7,13H2,1-4H3. The first kappa shape index (κ1) is 19.8. The van der Waals surface area contributed by atoms with Crippen LogP contribution >= 0.6 is 6.42 Å². The summed E-state index contributed by atoms with van der Waals surface area (Å²) in [6.45, 7) is 10.2. The zero-order chi connectivity index (χ0) is 19.6. The van der Waals surface area contributed by atoms with E-state index < -0.39 is 6.42 Å². The predicted molar refractivity (Wildman–Crippen MR) is 112 cm³/mol. The van der Waals surface area contributed by atoms with Crippen molar-refractivity contribution in [3.8, 4) is 6.07 Å². The van der Waals surface area contributed by atoms with Gasteiger partial charge in [0.15, 0.2) is 5.82 Å². The largest absolute Gasteiger partial charge is 0.431 e. The average Bonchev–Trinajstić information content (AvgIpc) is 2.98. The van der Waals surface area contributed by atoms with E-state index in [-0.39, 0.29) is 0 Å². The highest BCUT2D eigenvalue weighted by molar-refractivity contribution is 8.15. The molecule has 8 heteroatoms. The highest BCUT2D eigenvalue weighted by atomic mass is 32.4. The van der Waals surface area contributed by atoms with Gasteiger partial charge in [0, 0.05) is 18.7 Å². The Labute approximate surface area is 165 Å². The molecular formula is C19H24N5OPS. The number of fused-ring (bicyclic) bond motifs is 1. The maximum atomic E-state index is 8.99. The molecule has 2 heterocycles. The minimum absolute atomic E-state index is 0.373. The second kappa shape index (κ2) is 7.93. The van der Waals surface area contributed by atoms with E-state index in [1.54, 1.807) is 4.68 Å². The van der Waals surface area contributed by atoms with Gasteiger partial charge in [0.05, 0.1) is 24.7 Å². The smallest absolute Gasteiger partial charge is 0.227 e. The number of hydrogen-bond acceptors (Lipinski definition) is 5. The molecule has 1 unspecified atom stereocenters. The fourth-order valence-corrected chi connectivity index (χ4v) is 7.23. The molecule has 0 saturated carbocycles. The molecule has 0 amide bonds. The molecular weight excluding hydrogens is 377 g/mol. The minimum atomic E-state index is -2.53. The first-order valence-electron chi connectivity index (χ1n) is 9.10. The molecule has 1 aromatic heterocycles. The summed E-state index contributed by atoms with van der Waals surface area (Å²) in [7, 11) is 0. The van der Waals surface area contributed by atoms with E-state index in [9.17, 15) is 0 Å². The van der Waals surface area contributed by atoms with Crippen LogP contribution in [0.2, 0.25) is 0 Å². The van der Waals surface area contributed by atoms with E-state index in [0.717, 1.165) is 35.5 Å². The third-order valence-corrected chi connectivity index (χ3v) is 8.89. The quantitative estimate of drug-likeness (QED) is 0.689. The summed E-state index contributed by atoms with van der Waals surface area (Å²) in [5.41, 5.74) is 2.91. The maximum Gasteiger partial charge on any atom is 0.227 e. The molecule has 1 aliphatic heterocycles. The second-order valence-corrected chi connectivity index (χ2v) is 10.1. The normalized spacial score (nSPS) is 18.6. The lowest BCUT2D eigenvalue weighted by molar-refractivity contribution is 0.447. The summed E-state index contributed by atoms with van der Waals surface area (Å²) < 4.78 is 10.5. The molecule has 1 aromatic carbocycles. The molecule has 0 aliphatic carbocycles. The second-order valence-electron chi connectivity index (χ2n) is 6.42. The van der Waals surface area contributed by atoms with Crippen LogP contribution in [0.5, 0.6) is 0 Å². The molecule has 0 bridgehead atoms. The van der Waals surface area contributed by atoms with Crippen LogP contribution in [0.4, 0.5) is 5.82 Å². The van der Waals surface area contributed by atoms with Gasteiger partial charge in [0.2, 0.25) is 12.3 Å². The van der Waals surface area contributed by atoms with Crippen molar-refractivity contribution in [2.75, 3.05) is 13.1 Å². The third kappa shape index (κ3) is 3.58. The molecule has 0 saturated heterocycles. The molecule has 3 rings (SSSR count). The van der Waals surface area contributed by atoms with Crippen molar-refractivity contribution in [2.24, 2.45) is 4.99 Å². The number of nitrogens with zero attached hydrogens (tertiary/aromatic N) is 5. The number of aryl methyl sites for hydroxylation is 3. The van der Waals surface area contributed by atoms with E-state index in [1.165, 1.54) is 5.56 Å². The van der Waals surface area contributed by atoms with Crippen molar-refractivity contribution in [1.82, 2.24) is 14.5 Å². The van der Waals surface area contributed by atoms with E-state index in [4.69, 9.17) is 26.6 Å². The van der Waals surface area contributed by atoms with E-state index in [2.05, 4.69) is 29.7 Å². The molecule has 1 aliphatic rings. The SMILES string of the molecule is CCN(CC)P1(=S)OC(c2ccc(C)cc2)=Nc2c1c(C)nn2CCC#N. The van der Waals surface area contributed by atoms with E-state index in [0.29, 0.717) is 18.9 Å². The number of aliphatic imine (C=N–C) groups is 1. The first-order valence-corrected chi connectivity index (χ1v) is 11.8. The predicted octanol–water partition coefficient (Wildman–Crippen LogP) is 3.80. The van der Waals surface area contributed by atoms with Crippen molar-refractivity contribution >= 4 is 35.2 Å². The molecule has 27 heavy (non-hydrogen) atoms. The molecule has 0 N–H and O–H groups in total. The lowest BCUT2D eigenvalue weighted by Gasteiger charge is -2.35. The fourth-order valence-electron chi connectivity index (χ4n) is 3.20. The van der Waals surface area contributed by atoms with Gasteiger partial charge in [-0.25, -0.2) is 9.35 Å². The van der Waals surface area contributed by atoms with Crippen molar-refractivity contribution in [3.05, 3.63) is 41.1 Å². The first-order chi connectivity index (χ1) is 12.9. The van der Waals surface area contributed by atoms with Crippen molar-refractivity contribution < 1.29 is 4.52 Å². The van der Waals surface area contributed by atoms with Crippen LogP contribution in [-0.2, 0) is 22.9 Å². The van der Waals surface area contributed by atoms with Crippen molar-refractivity contribution in [1.29, 1.82) is 5.26 Å². The Kier molecular flexibility index (Phi) is 5.81. The van der Waals surface area contributed by atoms with Gasteiger partial charge in [-0.15, -0.1) is 0 Å². The molecule has 142 valence electrons. The Hall–Kier alpha value is -2.00. The zero-order valence-corrected chi connectivity index (χ0v) is 17.8. The molecule has 2 aromatic rings. The summed E-state index contributed by atoms with van der Waals surface area (Å²) in [6, 6.07) is 10.3. The summed E-state index contributed by atoms with van der Waals surface area (Å²) >= 11 is 6.16. The van der Waals surface area contributed by atoms with Crippen LogP contribution in [0.25, 0.3) is 0 Å². The molecule has 0 spiro atoms. The lowest BCUT2D eigenvalue weighted by atomic mass is 10.1. The Balaban J connectivity index is 2.20. The summed E-state index contributed by atoms with van der Waals surface area (Å²) in [4.78, 5) is 4.79. The van der Waals surface area contributed by atoms with Gasteiger partial charge in [0.25, 0.3) is 0 Å². The number of benzene rings is 1. The topological polar surface area (TPSA) is 66.4 Å². The lowest BCUT2D eigenvalue weighted by Crippen LogP contribution is -2.32. The summed E-state index contributed by atoms with van der Waals surface area (Å²) in [5.74, 6) is 1.27. The zero-order valence-electron chi connectivity index (χ0n) is 16.1. The van der Waals surface area contributed by atoms with Gasteiger partial charge >= 0.3 is 0 Å². The van der Waals surface area contributed by atoms with E-state index in [1.807, 2.05) is 38.1 Å². The fraction of sp³-hybridized carbons (Fsp3) is 0.421. The van der Waals surface area contributed by atoms with Crippen molar-refractivity contribution in [3.63, 3.8) is 0 Å². The Morgan fingerprint density at radius 1 is 1.22 bits per heavy atom. The van der Waals surface area contributed by atoms with Gasteiger partial charge in [-0.05, 0) is 37.8 Å². The summed E-state index contributed by atoms with van der Waals surface area (Å²) in [5, 5.41) is 14.5. The van der Waals surface area contributed by atoms with Crippen LogP contribution in [0.15, 0.2) is 29.3 Å². The van der Waals surface area contributed by atoms with E-state index >= 15 is 0 Å². The monoisotopic (exact) mass is 401 g/mol. The van der Waals surface area contributed by atoms with Crippen LogP contribution in [0, 0.1) is 25.2 Å². The highest BCUT2D eigenvalue weighted by Gasteiger charge is 2.40. The third-order valence-electron chi connectivity index (χ3n) is 4.61. The van der Waals surface area contributed by atoms with Crippen molar-refractivity contribution in [2.45, 2.75) is 40.7 Å². The number of rotatable bonds is 6. The average molecular weight is 401 g/mol. The molecule has 1 atom stereocenters. The van der Waals surface area contributed by atoms with Crippen LogP contribution in [0.1, 0.15) is 37.1 Å². The number of aromatic nitrogens is 2.